The van der Waals surface area contributed by atoms with E-state index < -0.39 is 0 Å². The number of ether oxygens (including phenoxy) is 1. The lowest BCUT2D eigenvalue weighted by atomic mass is 9.87. The summed E-state index contributed by atoms with van der Waals surface area (Å²) in [5, 5.41) is 6.43. The van der Waals surface area contributed by atoms with Gasteiger partial charge in [0.2, 0.25) is 0 Å². The number of thiazole rings is 1. The number of para-hydroxylation sites is 1. The van der Waals surface area contributed by atoms with Crippen LogP contribution in [0.5, 0.6) is 11.5 Å². The Bertz CT molecular complexity index is 1150. The van der Waals surface area contributed by atoms with Crippen LogP contribution < -0.4 is 10.1 Å². The molecule has 0 unspecified atom stereocenters. The summed E-state index contributed by atoms with van der Waals surface area (Å²) in [7, 11) is 0. The molecule has 1 aromatic carbocycles. The Kier molecular flexibility index (Phi) is 6.65. The molecule has 1 aliphatic rings. The zero-order valence-corrected chi connectivity index (χ0v) is 19.2. The van der Waals surface area contributed by atoms with E-state index in [9.17, 15) is 0 Å². The van der Waals surface area contributed by atoms with Crippen LogP contribution in [0.25, 0.3) is 0 Å². The van der Waals surface area contributed by atoms with Crippen molar-refractivity contribution < 1.29 is 4.74 Å². The van der Waals surface area contributed by atoms with Crippen molar-refractivity contribution in [3.8, 4) is 11.5 Å². The van der Waals surface area contributed by atoms with E-state index in [1.54, 1.807) is 35.5 Å². The molecule has 0 aliphatic heterocycles. The van der Waals surface area contributed by atoms with Crippen molar-refractivity contribution in [1.29, 1.82) is 0 Å². The van der Waals surface area contributed by atoms with Crippen molar-refractivity contribution in [3.63, 3.8) is 0 Å². The zero-order valence-electron chi connectivity index (χ0n) is 17.6. The minimum atomic E-state index is 0.586. The predicted molar refractivity (Wildman–Crippen MR) is 130 cm³/mol. The Hall–Kier alpha value is -2.90. The minimum absolute atomic E-state index is 0.586. The number of rotatable bonds is 7. The Morgan fingerprint density at radius 1 is 0.969 bits per heavy atom. The highest BCUT2D eigenvalue weighted by Gasteiger charge is 2.19. The van der Waals surface area contributed by atoms with Gasteiger partial charge in [0.05, 0.1) is 5.69 Å². The van der Waals surface area contributed by atoms with Gasteiger partial charge in [-0.25, -0.2) is 9.97 Å². The molecule has 0 saturated heterocycles. The average molecular weight is 461 g/mol. The van der Waals surface area contributed by atoms with Crippen molar-refractivity contribution in [3.05, 3.63) is 78.2 Å². The third-order valence-electron chi connectivity index (χ3n) is 5.45. The molecule has 0 atom stereocenters. The molecule has 0 bridgehead atoms. The fourth-order valence-electron chi connectivity index (χ4n) is 3.84. The van der Waals surface area contributed by atoms with E-state index >= 15 is 0 Å². The highest BCUT2D eigenvalue weighted by atomic mass is 32.2. The normalized spacial score (nSPS) is 14.2. The number of pyridine rings is 2. The zero-order chi connectivity index (χ0) is 21.6. The molecule has 4 aromatic rings. The first-order chi connectivity index (χ1) is 15.8. The van der Waals surface area contributed by atoms with Crippen LogP contribution in [0.2, 0.25) is 0 Å². The maximum absolute atomic E-state index is 6.21. The topological polar surface area (TPSA) is 59.9 Å². The Balaban J connectivity index is 1.39. The lowest BCUT2D eigenvalue weighted by Crippen LogP contribution is -2.05. The number of hydrogen-bond acceptors (Lipinski definition) is 7. The number of hydrogen-bond donors (Lipinski definition) is 1. The third-order valence-corrected chi connectivity index (χ3v) is 7.20. The second-order valence-electron chi connectivity index (χ2n) is 7.76. The van der Waals surface area contributed by atoms with E-state index in [0.29, 0.717) is 17.5 Å². The summed E-state index contributed by atoms with van der Waals surface area (Å²) in [6.07, 6.45) is 11.9. The fourth-order valence-corrected chi connectivity index (χ4v) is 5.44. The van der Waals surface area contributed by atoms with Gasteiger partial charge in [-0.3, -0.25) is 4.98 Å². The number of aromatic nitrogens is 3. The first kappa shape index (κ1) is 21.0. The summed E-state index contributed by atoms with van der Waals surface area (Å²) in [6.45, 7) is 0. The van der Waals surface area contributed by atoms with Gasteiger partial charge in [0.15, 0.2) is 16.7 Å². The van der Waals surface area contributed by atoms with Crippen LogP contribution in [0, 0.1) is 0 Å². The number of nitrogens with zero attached hydrogens (tertiary/aromatic N) is 3. The van der Waals surface area contributed by atoms with Gasteiger partial charge >= 0.3 is 0 Å². The summed E-state index contributed by atoms with van der Waals surface area (Å²) in [6, 6.07) is 15.8. The van der Waals surface area contributed by atoms with Crippen LogP contribution in [-0.2, 0) is 0 Å². The van der Waals surface area contributed by atoms with E-state index in [2.05, 4.69) is 20.7 Å². The van der Waals surface area contributed by atoms with Crippen molar-refractivity contribution in [2.45, 2.75) is 47.8 Å². The van der Waals surface area contributed by atoms with Crippen LogP contribution in [-0.4, -0.2) is 15.0 Å². The summed E-state index contributed by atoms with van der Waals surface area (Å²) in [4.78, 5) is 15.7. The number of anilines is 2. The van der Waals surface area contributed by atoms with Gasteiger partial charge in [-0.05, 0) is 37.1 Å². The van der Waals surface area contributed by atoms with Gasteiger partial charge in [0.25, 0.3) is 0 Å². The van der Waals surface area contributed by atoms with Crippen LogP contribution in [0.3, 0.4) is 0 Å². The maximum atomic E-state index is 6.21. The molecular weight excluding hydrogens is 436 g/mol. The Labute approximate surface area is 196 Å². The standard InChI is InChI=1S/C25H24N4OS2/c1-3-7-18(8-4-1)22-17-31-25(28-22)29-24-23(30-19-9-5-2-6-10-19)15-21(16-27-24)32-20-11-13-26-14-12-20/h2,5-6,9-18H,1,3-4,7-8H2,(H,27,28,29). The molecule has 5 nitrogen and oxygen atoms in total. The molecule has 32 heavy (non-hydrogen) atoms. The van der Waals surface area contributed by atoms with E-state index in [1.807, 2.05) is 54.7 Å². The van der Waals surface area contributed by atoms with Crippen molar-refractivity contribution in [2.24, 2.45) is 0 Å². The molecule has 1 saturated carbocycles. The van der Waals surface area contributed by atoms with Gasteiger partial charge < -0.3 is 10.1 Å². The van der Waals surface area contributed by atoms with Gasteiger partial charge in [0.1, 0.15) is 5.75 Å². The lowest BCUT2D eigenvalue weighted by Gasteiger charge is -2.19. The lowest BCUT2D eigenvalue weighted by molar-refractivity contribution is 0.438. The van der Waals surface area contributed by atoms with E-state index in [0.717, 1.165) is 20.7 Å². The molecular formula is C25H24N4OS2. The van der Waals surface area contributed by atoms with Gasteiger partial charge in [0, 0.05) is 45.7 Å². The van der Waals surface area contributed by atoms with E-state index in [1.165, 1.54) is 37.8 Å². The van der Waals surface area contributed by atoms with Crippen molar-refractivity contribution in [2.75, 3.05) is 5.32 Å². The molecule has 5 rings (SSSR count). The van der Waals surface area contributed by atoms with E-state index in [-0.39, 0.29) is 0 Å². The number of nitrogens with one attached hydrogen (secondary N) is 1. The monoisotopic (exact) mass is 460 g/mol. The van der Waals surface area contributed by atoms with Crippen molar-refractivity contribution >= 4 is 34.0 Å². The average Bonchev–Trinajstić information content (AvgIpc) is 3.31. The Morgan fingerprint density at radius 2 is 1.78 bits per heavy atom. The van der Waals surface area contributed by atoms with Crippen molar-refractivity contribution in [1.82, 2.24) is 15.0 Å². The van der Waals surface area contributed by atoms with Gasteiger partial charge in [-0.2, -0.15) is 0 Å². The summed E-state index contributed by atoms with van der Waals surface area (Å²) < 4.78 is 6.21. The summed E-state index contributed by atoms with van der Waals surface area (Å²) in [5.74, 6) is 2.69. The van der Waals surface area contributed by atoms with Gasteiger partial charge in [-0.15, -0.1) is 11.3 Å². The van der Waals surface area contributed by atoms with Crippen LogP contribution in [0.4, 0.5) is 10.9 Å². The minimum Gasteiger partial charge on any atom is -0.453 e. The molecule has 3 heterocycles. The number of benzene rings is 1. The fraction of sp³-hybridized carbons (Fsp3) is 0.240. The van der Waals surface area contributed by atoms with Crippen LogP contribution in [0.15, 0.2) is 82.3 Å². The first-order valence-electron chi connectivity index (χ1n) is 10.9. The van der Waals surface area contributed by atoms with E-state index in [4.69, 9.17) is 9.72 Å². The first-order valence-corrected chi connectivity index (χ1v) is 12.6. The largest absolute Gasteiger partial charge is 0.453 e. The molecule has 162 valence electrons. The van der Waals surface area contributed by atoms with Crippen LogP contribution >= 0.6 is 23.1 Å². The maximum Gasteiger partial charge on any atom is 0.188 e. The SMILES string of the molecule is c1ccc(Oc2cc(Sc3ccncc3)cnc2Nc2nc(C3CCCCC3)cs2)cc1. The summed E-state index contributed by atoms with van der Waals surface area (Å²) in [5.41, 5.74) is 1.20. The molecule has 1 fully saturated rings. The molecule has 3 aromatic heterocycles. The molecule has 1 N–H and O–H groups in total. The smallest absolute Gasteiger partial charge is 0.188 e. The Morgan fingerprint density at radius 3 is 2.59 bits per heavy atom. The second-order valence-corrected chi connectivity index (χ2v) is 9.76. The molecule has 7 heteroatoms. The highest BCUT2D eigenvalue weighted by Crippen LogP contribution is 2.38. The van der Waals surface area contributed by atoms with Gasteiger partial charge in [-0.1, -0.05) is 49.2 Å². The summed E-state index contributed by atoms with van der Waals surface area (Å²) >= 11 is 3.26. The molecule has 1 aliphatic carbocycles. The molecule has 0 radical (unpaired) electrons. The predicted octanol–water partition coefficient (Wildman–Crippen LogP) is 7.67. The quantitative estimate of drug-likeness (QED) is 0.305. The molecule has 0 amide bonds. The highest BCUT2D eigenvalue weighted by molar-refractivity contribution is 7.99. The van der Waals surface area contributed by atoms with Crippen LogP contribution in [0.1, 0.15) is 43.7 Å². The third kappa shape index (κ3) is 5.29. The molecule has 0 spiro atoms. The second kappa shape index (κ2) is 10.1.